The van der Waals surface area contributed by atoms with E-state index in [0.717, 1.165) is 0 Å². The predicted octanol–water partition coefficient (Wildman–Crippen LogP) is -1.07. The molecule has 0 aromatic heterocycles. The third-order valence-corrected chi connectivity index (χ3v) is 1.66. The lowest BCUT2D eigenvalue weighted by atomic mass is 10.3. The van der Waals surface area contributed by atoms with Gasteiger partial charge in [0.2, 0.25) is 0 Å². The Hall–Kier alpha value is -0.460. The molecule has 11 heavy (non-hydrogen) atoms. The minimum Gasteiger partial charge on any atom is -0.772 e. The van der Waals surface area contributed by atoms with Gasteiger partial charge in [-0.1, -0.05) is 18.0 Å². The quantitative estimate of drug-likeness (QED) is 0.526. The summed E-state index contributed by atoms with van der Waals surface area (Å²) in [4.78, 5) is 10.3. The molecule has 0 aromatic carbocycles. The average molecular weight is 180 g/mol. The van der Waals surface area contributed by atoms with E-state index in [4.69, 9.17) is 5.11 Å². The Morgan fingerprint density at radius 3 is 2.64 bits per heavy atom. The zero-order valence-electron chi connectivity index (χ0n) is 6.07. The van der Waals surface area contributed by atoms with Gasteiger partial charge in [0.25, 0.3) is 0 Å². The SMILES string of the molecule is CCN[C@@H](CS(=O)[O-])C(=O)O. The summed E-state index contributed by atoms with van der Waals surface area (Å²) in [6.45, 7) is 2.15. The monoisotopic (exact) mass is 180 g/mol. The molecule has 66 valence electrons. The van der Waals surface area contributed by atoms with E-state index in [0.29, 0.717) is 6.54 Å². The Bertz CT molecular complexity index is 161. The van der Waals surface area contributed by atoms with E-state index in [1.165, 1.54) is 0 Å². The summed E-state index contributed by atoms with van der Waals surface area (Å²) in [5, 5.41) is 10.9. The van der Waals surface area contributed by atoms with Crippen LogP contribution in [0.3, 0.4) is 0 Å². The molecule has 0 aliphatic carbocycles. The highest BCUT2D eigenvalue weighted by molar-refractivity contribution is 7.79. The molecule has 0 fully saturated rings. The van der Waals surface area contributed by atoms with E-state index in [1.54, 1.807) is 6.92 Å². The van der Waals surface area contributed by atoms with Crippen molar-refractivity contribution in [2.75, 3.05) is 12.3 Å². The van der Waals surface area contributed by atoms with E-state index in [-0.39, 0.29) is 5.75 Å². The van der Waals surface area contributed by atoms with Crippen molar-refractivity contribution in [3.8, 4) is 0 Å². The Morgan fingerprint density at radius 1 is 1.82 bits per heavy atom. The fourth-order valence-electron chi connectivity index (χ4n) is 0.600. The molecule has 0 rings (SSSR count). The zero-order chi connectivity index (χ0) is 8.85. The maximum Gasteiger partial charge on any atom is 0.321 e. The topological polar surface area (TPSA) is 89.5 Å². The summed E-state index contributed by atoms with van der Waals surface area (Å²) in [5.41, 5.74) is 0. The molecule has 0 amide bonds. The van der Waals surface area contributed by atoms with Crippen molar-refractivity contribution in [2.24, 2.45) is 0 Å². The number of nitrogens with one attached hydrogen (secondary N) is 1. The molecule has 5 nitrogen and oxygen atoms in total. The third kappa shape index (κ3) is 4.88. The number of hydrogen-bond acceptors (Lipinski definition) is 4. The second-order valence-corrected chi connectivity index (χ2v) is 2.86. The molecular formula is C5H10NO4S-. The molecular weight excluding hydrogens is 170 g/mol. The first-order valence-corrected chi connectivity index (χ1v) is 4.34. The summed E-state index contributed by atoms with van der Waals surface area (Å²) in [6, 6.07) is -0.988. The molecule has 0 spiro atoms. The first-order chi connectivity index (χ1) is 5.07. The second-order valence-electron chi connectivity index (χ2n) is 1.92. The van der Waals surface area contributed by atoms with Crippen molar-refractivity contribution >= 4 is 17.0 Å². The van der Waals surface area contributed by atoms with Gasteiger partial charge in [-0.15, -0.1) is 0 Å². The first-order valence-electron chi connectivity index (χ1n) is 3.10. The Labute approximate surface area is 67.1 Å². The molecule has 2 atom stereocenters. The largest absolute Gasteiger partial charge is 0.772 e. The highest BCUT2D eigenvalue weighted by Crippen LogP contribution is 1.86. The van der Waals surface area contributed by atoms with Gasteiger partial charge in [-0.05, 0) is 6.54 Å². The number of hydrogen-bond donors (Lipinski definition) is 2. The third-order valence-electron chi connectivity index (χ3n) is 1.05. The number of carboxylic acids is 1. The van der Waals surface area contributed by atoms with Gasteiger partial charge in [-0.2, -0.15) is 0 Å². The molecule has 1 unspecified atom stereocenters. The van der Waals surface area contributed by atoms with Crippen molar-refractivity contribution in [1.82, 2.24) is 5.32 Å². The number of rotatable bonds is 5. The molecule has 0 bridgehead atoms. The lowest BCUT2D eigenvalue weighted by Gasteiger charge is -2.13. The van der Waals surface area contributed by atoms with Crippen LogP contribution in [0.4, 0.5) is 0 Å². The normalized spacial score (nSPS) is 15.8. The predicted molar refractivity (Wildman–Crippen MR) is 38.9 cm³/mol. The van der Waals surface area contributed by atoms with Crippen LogP contribution in [0.2, 0.25) is 0 Å². The fourth-order valence-corrected chi connectivity index (χ4v) is 1.13. The van der Waals surface area contributed by atoms with Crippen LogP contribution in [-0.4, -0.2) is 38.2 Å². The molecule has 0 saturated carbocycles. The lowest BCUT2D eigenvalue weighted by molar-refractivity contribution is -0.138. The molecule has 0 aliphatic rings. The van der Waals surface area contributed by atoms with Crippen molar-refractivity contribution in [1.29, 1.82) is 0 Å². The van der Waals surface area contributed by atoms with Gasteiger partial charge in [0.1, 0.15) is 6.04 Å². The van der Waals surface area contributed by atoms with Crippen LogP contribution in [-0.2, 0) is 15.9 Å². The van der Waals surface area contributed by atoms with E-state index < -0.39 is 23.1 Å². The number of carboxylic acid groups (broad SMARTS) is 1. The summed E-state index contributed by atoms with van der Waals surface area (Å²) < 4.78 is 20.2. The van der Waals surface area contributed by atoms with Crippen molar-refractivity contribution in [3.63, 3.8) is 0 Å². The van der Waals surface area contributed by atoms with Gasteiger partial charge in [0, 0.05) is 5.75 Å². The Morgan fingerprint density at radius 2 is 2.36 bits per heavy atom. The molecule has 0 heterocycles. The van der Waals surface area contributed by atoms with Gasteiger partial charge in [0.15, 0.2) is 0 Å². The van der Waals surface area contributed by atoms with E-state index >= 15 is 0 Å². The molecule has 0 saturated heterocycles. The highest BCUT2D eigenvalue weighted by atomic mass is 32.2. The average Bonchev–Trinajstić information content (AvgIpc) is 1.86. The number of carbonyl (C=O) groups is 1. The van der Waals surface area contributed by atoms with Crippen LogP contribution in [0.15, 0.2) is 0 Å². The van der Waals surface area contributed by atoms with Crippen molar-refractivity contribution in [2.45, 2.75) is 13.0 Å². The van der Waals surface area contributed by atoms with Crippen LogP contribution < -0.4 is 5.32 Å². The molecule has 6 heteroatoms. The summed E-state index contributed by atoms with van der Waals surface area (Å²) in [5.74, 6) is -1.53. The molecule has 0 radical (unpaired) electrons. The van der Waals surface area contributed by atoms with Gasteiger partial charge >= 0.3 is 5.97 Å². The van der Waals surface area contributed by atoms with Crippen molar-refractivity contribution < 1.29 is 18.7 Å². The van der Waals surface area contributed by atoms with E-state index in [2.05, 4.69) is 5.32 Å². The first kappa shape index (κ1) is 10.5. The van der Waals surface area contributed by atoms with Gasteiger partial charge < -0.3 is 15.0 Å². The minimum atomic E-state index is -2.31. The smallest absolute Gasteiger partial charge is 0.321 e. The van der Waals surface area contributed by atoms with E-state index in [9.17, 15) is 13.6 Å². The summed E-state index contributed by atoms with van der Waals surface area (Å²) in [6.07, 6.45) is 0. The maximum absolute atomic E-state index is 10.3. The van der Waals surface area contributed by atoms with E-state index in [1.807, 2.05) is 0 Å². The zero-order valence-corrected chi connectivity index (χ0v) is 6.89. The Kier molecular flexibility index (Phi) is 5.01. The van der Waals surface area contributed by atoms with Crippen molar-refractivity contribution in [3.05, 3.63) is 0 Å². The van der Waals surface area contributed by atoms with Crippen LogP contribution in [0.1, 0.15) is 6.92 Å². The lowest BCUT2D eigenvalue weighted by Crippen LogP contribution is -2.40. The standard InChI is InChI=1S/C5H11NO4S/c1-2-6-4(5(7)8)3-11(9)10/h4,6H,2-3H2,1H3,(H,7,8)(H,9,10)/p-1/t4-/m0/s1. The molecule has 0 aliphatic heterocycles. The molecule has 2 N–H and O–H groups in total. The number of likely N-dealkylation sites (N-methyl/N-ethyl adjacent to an activating group) is 1. The summed E-state index contributed by atoms with van der Waals surface area (Å²) >= 11 is -2.31. The fraction of sp³-hybridized carbons (Fsp3) is 0.800. The van der Waals surface area contributed by atoms with Crippen LogP contribution >= 0.6 is 0 Å². The van der Waals surface area contributed by atoms with Crippen LogP contribution in [0.25, 0.3) is 0 Å². The van der Waals surface area contributed by atoms with Crippen LogP contribution in [0.5, 0.6) is 0 Å². The Balaban J connectivity index is 3.89. The van der Waals surface area contributed by atoms with Gasteiger partial charge in [-0.3, -0.25) is 9.00 Å². The highest BCUT2D eigenvalue weighted by Gasteiger charge is 2.14. The minimum absolute atomic E-state index is 0.386. The van der Waals surface area contributed by atoms with Gasteiger partial charge in [0.05, 0.1) is 0 Å². The maximum atomic E-state index is 10.3. The number of aliphatic carboxylic acids is 1. The van der Waals surface area contributed by atoms with Gasteiger partial charge in [-0.25, -0.2) is 0 Å². The summed E-state index contributed by atoms with van der Waals surface area (Å²) in [7, 11) is 0. The van der Waals surface area contributed by atoms with Crippen LogP contribution in [0, 0.1) is 0 Å². The molecule has 0 aromatic rings. The second kappa shape index (κ2) is 5.22.